The maximum absolute atomic E-state index is 13.2. The molecule has 0 radical (unpaired) electrons. The average Bonchev–Trinajstić information content (AvgIpc) is 2.82. The van der Waals surface area contributed by atoms with Crippen LogP contribution in [0.1, 0.15) is 27.0 Å². The summed E-state index contributed by atoms with van der Waals surface area (Å²) < 4.78 is 0.909. The molecule has 5 aromatic rings. The standard InChI is InChI=1S/C29H17BrO/c1-17-19-9-4-7-13-23(19)29(31)27-16-28(30)26(15-24(17)27)25-14-18-8-2-3-10-20(18)21-11-5-6-12-22(21)25/h2-16H,1H2. The van der Waals surface area contributed by atoms with E-state index in [-0.39, 0.29) is 5.78 Å². The van der Waals surface area contributed by atoms with Crippen molar-refractivity contribution in [2.75, 3.05) is 0 Å². The highest BCUT2D eigenvalue weighted by Crippen LogP contribution is 2.43. The van der Waals surface area contributed by atoms with E-state index in [0.29, 0.717) is 5.56 Å². The van der Waals surface area contributed by atoms with Crippen molar-refractivity contribution >= 4 is 48.8 Å². The Hall–Kier alpha value is -3.49. The third kappa shape index (κ3) is 2.65. The number of hydrogen-bond donors (Lipinski definition) is 0. The number of benzene rings is 5. The van der Waals surface area contributed by atoms with Crippen molar-refractivity contribution in [2.24, 2.45) is 0 Å². The van der Waals surface area contributed by atoms with Crippen LogP contribution in [0.4, 0.5) is 0 Å². The first kappa shape index (κ1) is 18.3. The van der Waals surface area contributed by atoms with Crippen LogP contribution in [0.25, 0.3) is 38.2 Å². The minimum absolute atomic E-state index is 0.0496. The maximum Gasteiger partial charge on any atom is 0.194 e. The van der Waals surface area contributed by atoms with Crippen LogP contribution in [-0.4, -0.2) is 5.78 Å². The fourth-order valence-corrected chi connectivity index (χ4v) is 5.29. The number of carbonyl (C=O) groups is 1. The van der Waals surface area contributed by atoms with Gasteiger partial charge in [-0.2, -0.15) is 0 Å². The predicted octanol–water partition coefficient (Wildman–Crippen LogP) is 8.03. The molecule has 0 aromatic heterocycles. The Morgan fingerprint density at radius 1 is 0.548 bits per heavy atom. The van der Waals surface area contributed by atoms with Gasteiger partial charge in [0.2, 0.25) is 0 Å². The first-order valence-corrected chi connectivity index (χ1v) is 11.0. The van der Waals surface area contributed by atoms with Gasteiger partial charge >= 0.3 is 0 Å². The number of hydrogen-bond acceptors (Lipinski definition) is 1. The van der Waals surface area contributed by atoms with E-state index in [4.69, 9.17) is 0 Å². The molecule has 0 saturated carbocycles. The van der Waals surface area contributed by atoms with Crippen LogP contribution in [0.5, 0.6) is 0 Å². The molecule has 1 nitrogen and oxygen atoms in total. The number of ketones is 1. The molecular weight excluding hydrogens is 444 g/mol. The molecule has 0 heterocycles. The largest absolute Gasteiger partial charge is 0.289 e. The molecule has 0 atom stereocenters. The molecule has 6 rings (SSSR count). The quantitative estimate of drug-likeness (QED) is 0.227. The molecule has 0 saturated heterocycles. The van der Waals surface area contributed by atoms with E-state index in [1.165, 1.54) is 21.5 Å². The van der Waals surface area contributed by atoms with Gasteiger partial charge in [-0.15, -0.1) is 0 Å². The lowest BCUT2D eigenvalue weighted by Crippen LogP contribution is -2.14. The fraction of sp³-hybridized carbons (Fsp3) is 0. The molecule has 0 spiro atoms. The number of halogens is 1. The smallest absolute Gasteiger partial charge is 0.194 e. The van der Waals surface area contributed by atoms with E-state index >= 15 is 0 Å². The Bertz CT molecular complexity index is 1580. The summed E-state index contributed by atoms with van der Waals surface area (Å²) >= 11 is 3.77. The van der Waals surface area contributed by atoms with Crippen LogP contribution >= 0.6 is 15.9 Å². The molecule has 146 valence electrons. The summed E-state index contributed by atoms with van der Waals surface area (Å²) in [6, 6.07) is 31.0. The van der Waals surface area contributed by atoms with E-state index in [9.17, 15) is 4.79 Å². The number of carbonyl (C=O) groups excluding carboxylic acids is 1. The topological polar surface area (TPSA) is 17.1 Å². The second-order valence-corrected chi connectivity index (χ2v) is 8.78. The SMILES string of the molecule is C=C1c2ccccc2C(=O)c2cc(Br)c(-c3cc4ccccc4c4ccccc34)cc21. The van der Waals surface area contributed by atoms with E-state index < -0.39 is 0 Å². The van der Waals surface area contributed by atoms with Crippen LogP contribution in [0, 0.1) is 0 Å². The van der Waals surface area contributed by atoms with E-state index in [1.807, 2.05) is 30.3 Å². The first-order valence-electron chi connectivity index (χ1n) is 10.2. The molecule has 1 aliphatic rings. The number of rotatable bonds is 1. The van der Waals surface area contributed by atoms with Gasteiger partial charge in [0.05, 0.1) is 0 Å². The van der Waals surface area contributed by atoms with Gasteiger partial charge < -0.3 is 0 Å². The Morgan fingerprint density at radius 2 is 1.19 bits per heavy atom. The Labute approximate surface area is 188 Å². The summed E-state index contributed by atoms with van der Waals surface area (Å²) in [5.41, 5.74) is 6.33. The Kier molecular flexibility index (Phi) is 3.99. The van der Waals surface area contributed by atoms with Gasteiger partial charge in [0.25, 0.3) is 0 Å². The zero-order valence-electron chi connectivity index (χ0n) is 16.7. The van der Waals surface area contributed by atoms with Crippen LogP contribution in [0.3, 0.4) is 0 Å². The normalized spacial score (nSPS) is 12.8. The van der Waals surface area contributed by atoms with Crippen LogP contribution < -0.4 is 0 Å². The van der Waals surface area contributed by atoms with Crippen molar-refractivity contribution in [3.05, 3.63) is 124 Å². The summed E-state index contributed by atoms with van der Waals surface area (Å²) in [5.74, 6) is 0.0496. The summed E-state index contributed by atoms with van der Waals surface area (Å²) in [6.45, 7) is 4.34. The first-order chi connectivity index (χ1) is 15.1. The summed E-state index contributed by atoms with van der Waals surface area (Å²) in [4.78, 5) is 13.2. The summed E-state index contributed by atoms with van der Waals surface area (Å²) in [7, 11) is 0. The minimum atomic E-state index is 0.0496. The highest BCUT2D eigenvalue weighted by Gasteiger charge is 2.27. The van der Waals surface area contributed by atoms with Crippen molar-refractivity contribution in [2.45, 2.75) is 0 Å². The third-order valence-corrected chi connectivity index (χ3v) is 6.89. The molecule has 0 N–H and O–H groups in total. The molecule has 0 aliphatic heterocycles. The molecule has 0 fully saturated rings. The molecule has 1 aliphatic carbocycles. The van der Waals surface area contributed by atoms with Crippen LogP contribution in [0.2, 0.25) is 0 Å². The zero-order valence-corrected chi connectivity index (χ0v) is 18.2. The second kappa shape index (κ2) is 6.76. The van der Waals surface area contributed by atoms with Crippen molar-refractivity contribution in [3.63, 3.8) is 0 Å². The van der Waals surface area contributed by atoms with Gasteiger partial charge in [0.15, 0.2) is 5.78 Å². The van der Waals surface area contributed by atoms with Gasteiger partial charge in [-0.1, -0.05) is 95.3 Å². The molecule has 0 amide bonds. The van der Waals surface area contributed by atoms with Crippen molar-refractivity contribution in [1.29, 1.82) is 0 Å². The van der Waals surface area contributed by atoms with Gasteiger partial charge in [-0.25, -0.2) is 0 Å². The average molecular weight is 461 g/mol. The lowest BCUT2D eigenvalue weighted by Gasteiger charge is -2.23. The maximum atomic E-state index is 13.2. The summed E-state index contributed by atoms with van der Waals surface area (Å²) in [6.07, 6.45) is 0. The molecule has 0 unspecified atom stereocenters. The van der Waals surface area contributed by atoms with E-state index in [0.717, 1.165) is 37.9 Å². The van der Waals surface area contributed by atoms with E-state index in [1.54, 1.807) is 0 Å². The molecule has 5 aromatic carbocycles. The van der Waals surface area contributed by atoms with Crippen molar-refractivity contribution in [3.8, 4) is 11.1 Å². The lowest BCUT2D eigenvalue weighted by molar-refractivity contribution is 0.103. The van der Waals surface area contributed by atoms with Gasteiger partial charge in [-0.3, -0.25) is 4.79 Å². The van der Waals surface area contributed by atoms with E-state index in [2.05, 4.69) is 83.2 Å². The monoisotopic (exact) mass is 460 g/mol. The van der Waals surface area contributed by atoms with Crippen molar-refractivity contribution < 1.29 is 4.79 Å². The van der Waals surface area contributed by atoms with Gasteiger partial charge in [0.1, 0.15) is 0 Å². The number of fused-ring (bicyclic) bond motifs is 5. The summed E-state index contributed by atoms with van der Waals surface area (Å²) in [5, 5.41) is 4.85. The van der Waals surface area contributed by atoms with Gasteiger partial charge in [-0.05, 0) is 67.6 Å². The third-order valence-electron chi connectivity index (χ3n) is 6.23. The highest BCUT2D eigenvalue weighted by molar-refractivity contribution is 9.10. The molecule has 31 heavy (non-hydrogen) atoms. The Balaban J connectivity index is 1.66. The zero-order chi connectivity index (χ0) is 21.1. The molecule has 2 heteroatoms. The van der Waals surface area contributed by atoms with Gasteiger partial charge in [0, 0.05) is 15.6 Å². The Morgan fingerprint density at radius 3 is 2.00 bits per heavy atom. The predicted molar refractivity (Wildman–Crippen MR) is 133 cm³/mol. The minimum Gasteiger partial charge on any atom is -0.289 e. The van der Waals surface area contributed by atoms with Crippen molar-refractivity contribution in [1.82, 2.24) is 0 Å². The molecular formula is C29H17BrO. The van der Waals surface area contributed by atoms with Crippen LogP contribution in [-0.2, 0) is 0 Å². The lowest BCUT2D eigenvalue weighted by atomic mass is 9.80. The van der Waals surface area contributed by atoms with Crippen LogP contribution in [0.15, 0.2) is 102 Å². The molecule has 0 bridgehead atoms. The second-order valence-electron chi connectivity index (χ2n) is 7.92. The fourth-order valence-electron chi connectivity index (χ4n) is 4.73. The highest BCUT2D eigenvalue weighted by atomic mass is 79.9.